The second-order valence-electron chi connectivity index (χ2n) is 3.29. The molecule has 6 heteroatoms. The van der Waals surface area contributed by atoms with Gasteiger partial charge in [0.25, 0.3) is 0 Å². The average Bonchev–Trinajstić information content (AvgIpc) is 2.25. The monoisotopic (exact) mass is 240 g/mol. The van der Waals surface area contributed by atoms with E-state index < -0.39 is 11.9 Å². The van der Waals surface area contributed by atoms with Crippen molar-refractivity contribution in [3.63, 3.8) is 0 Å². The van der Waals surface area contributed by atoms with E-state index in [0.29, 0.717) is 0 Å². The predicted octanol–water partition coefficient (Wildman–Crippen LogP) is 0.763. The van der Waals surface area contributed by atoms with Crippen LogP contribution in [0.2, 0.25) is 0 Å². The molecule has 0 saturated carbocycles. The van der Waals surface area contributed by atoms with Crippen LogP contribution in [0.15, 0.2) is 12.1 Å². The minimum absolute atomic E-state index is 0.0495. The Balaban J connectivity index is 3.29. The van der Waals surface area contributed by atoms with E-state index in [1.165, 1.54) is 19.1 Å². The number of hydrogen-bond donors (Lipinski definition) is 3. The second kappa shape index (κ2) is 5.31. The van der Waals surface area contributed by atoms with Gasteiger partial charge in [-0.15, -0.1) is 0 Å². The maximum atomic E-state index is 11.0. The summed E-state index contributed by atoms with van der Waals surface area (Å²) in [5.41, 5.74) is -0.155. The van der Waals surface area contributed by atoms with Crippen LogP contribution in [0.3, 0.4) is 0 Å². The average molecular weight is 240 g/mol. The van der Waals surface area contributed by atoms with Crippen LogP contribution in [0, 0.1) is 6.92 Å². The van der Waals surface area contributed by atoms with Gasteiger partial charge in [0, 0.05) is 0 Å². The molecule has 0 aliphatic heterocycles. The Bertz CT molecular complexity index is 452. The van der Waals surface area contributed by atoms with Gasteiger partial charge in [0.1, 0.15) is 17.9 Å². The van der Waals surface area contributed by atoms with Crippen LogP contribution in [-0.2, 0) is 0 Å². The molecule has 0 bridgehead atoms. The normalized spacial score (nSPS) is 10.0. The summed E-state index contributed by atoms with van der Waals surface area (Å²) in [7, 11) is 0. The molecule has 0 aromatic heterocycles. The zero-order valence-electron chi connectivity index (χ0n) is 9.14. The largest absolute Gasteiger partial charge is 0.490 e. The zero-order valence-corrected chi connectivity index (χ0v) is 9.14. The minimum atomic E-state index is -1.27. The molecule has 17 heavy (non-hydrogen) atoms. The summed E-state index contributed by atoms with van der Waals surface area (Å²) in [4.78, 5) is 21.9. The number of carboxylic acid groups (broad SMARTS) is 2. The number of benzene rings is 1. The lowest BCUT2D eigenvalue weighted by molar-refractivity contribution is 0.0690. The van der Waals surface area contributed by atoms with Crippen molar-refractivity contribution in [3.05, 3.63) is 28.8 Å². The number of carbonyl (C=O) groups is 2. The van der Waals surface area contributed by atoms with Crippen LogP contribution < -0.4 is 4.74 Å². The molecule has 3 N–H and O–H groups in total. The predicted molar refractivity (Wildman–Crippen MR) is 57.7 cm³/mol. The zero-order chi connectivity index (χ0) is 13.0. The molecule has 0 atom stereocenters. The van der Waals surface area contributed by atoms with Crippen LogP contribution in [-0.4, -0.2) is 40.5 Å². The smallest absolute Gasteiger partial charge is 0.339 e. The molecule has 1 rings (SSSR count). The van der Waals surface area contributed by atoms with E-state index in [2.05, 4.69) is 0 Å². The summed E-state index contributed by atoms with van der Waals surface area (Å²) in [5.74, 6) is -2.41. The standard InChI is InChI=1S/C11H12O6/c1-6-7(10(13)14)2-3-8(17-5-4-12)9(6)11(15)16/h2-3,12H,4-5H2,1H3,(H,13,14)(H,15,16). The highest BCUT2D eigenvalue weighted by Gasteiger charge is 2.20. The fraction of sp³-hybridized carbons (Fsp3) is 0.273. The van der Waals surface area contributed by atoms with E-state index in [1.54, 1.807) is 0 Å². The van der Waals surface area contributed by atoms with Crippen LogP contribution in [0.5, 0.6) is 5.75 Å². The molecular formula is C11H12O6. The lowest BCUT2D eigenvalue weighted by Crippen LogP contribution is -2.11. The van der Waals surface area contributed by atoms with Crippen molar-refractivity contribution < 1.29 is 29.6 Å². The van der Waals surface area contributed by atoms with Crippen molar-refractivity contribution in [2.45, 2.75) is 6.92 Å². The molecule has 0 saturated heterocycles. The van der Waals surface area contributed by atoms with Gasteiger partial charge in [0.05, 0.1) is 12.2 Å². The minimum Gasteiger partial charge on any atom is -0.490 e. The highest BCUT2D eigenvalue weighted by molar-refractivity contribution is 5.98. The maximum Gasteiger partial charge on any atom is 0.339 e. The fourth-order valence-electron chi connectivity index (χ4n) is 1.46. The first kappa shape index (κ1) is 13.0. The van der Waals surface area contributed by atoms with Crippen molar-refractivity contribution in [3.8, 4) is 5.75 Å². The van der Waals surface area contributed by atoms with E-state index in [-0.39, 0.29) is 35.7 Å². The summed E-state index contributed by atoms with van der Waals surface area (Å²) in [6.45, 7) is 1.10. The number of rotatable bonds is 5. The molecule has 1 aromatic carbocycles. The van der Waals surface area contributed by atoms with Crippen LogP contribution in [0.1, 0.15) is 26.3 Å². The van der Waals surface area contributed by atoms with Crippen LogP contribution >= 0.6 is 0 Å². The Morgan fingerprint density at radius 1 is 1.24 bits per heavy atom. The fourth-order valence-corrected chi connectivity index (χ4v) is 1.46. The number of ether oxygens (including phenoxy) is 1. The molecule has 92 valence electrons. The highest BCUT2D eigenvalue weighted by atomic mass is 16.5. The molecule has 0 heterocycles. The summed E-state index contributed by atoms with van der Waals surface area (Å²) < 4.78 is 5.04. The number of aliphatic hydroxyl groups is 1. The van der Waals surface area contributed by atoms with E-state index in [0.717, 1.165) is 0 Å². The number of aliphatic hydroxyl groups excluding tert-OH is 1. The summed E-state index contributed by atoms with van der Waals surface area (Å²) in [6.07, 6.45) is 0. The number of carboxylic acids is 2. The summed E-state index contributed by atoms with van der Waals surface area (Å²) in [6, 6.07) is 2.55. The van der Waals surface area contributed by atoms with E-state index in [1.807, 2.05) is 0 Å². The lowest BCUT2D eigenvalue weighted by atomic mass is 10.0. The van der Waals surface area contributed by atoms with Crippen molar-refractivity contribution >= 4 is 11.9 Å². The Hall–Kier alpha value is -2.08. The Morgan fingerprint density at radius 3 is 2.35 bits per heavy atom. The lowest BCUT2D eigenvalue weighted by Gasteiger charge is -2.11. The van der Waals surface area contributed by atoms with Gasteiger partial charge in [-0.05, 0) is 24.6 Å². The van der Waals surface area contributed by atoms with Gasteiger partial charge in [-0.2, -0.15) is 0 Å². The topological polar surface area (TPSA) is 104 Å². The SMILES string of the molecule is Cc1c(C(=O)O)ccc(OCCO)c1C(=O)O. The first-order valence-corrected chi connectivity index (χ1v) is 4.83. The first-order valence-electron chi connectivity index (χ1n) is 4.83. The Kier molecular flexibility index (Phi) is 4.06. The van der Waals surface area contributed by atoms with Gasteiger partial charge in [-0.3, -0.25) is 0 Å². The van der Waals surface area contributed by atoms with E-state index in [9.17, 15) is 9.59 Å². The molecule has 0 amide bonds. The highest BCUT2D eigenvalue weighted by Crippen LogP contribution is 2.25. The van der Waals surface area contributed by atoms with Gasteiger partial charge < -0.3 is 20.1 Å². The van der Waals surface area contributed by atoms with E-state index >= 15 is 0 Å². The Labute approximate surface area is 97.1 Å². The Morgan fingerprint density at radius 2 is 1.88 bits per heavy atom. The third-order valence-electron chi connectivity index (χ3n) is 2.22. The molecular weight excluding hydrogens is 228 g/mol. The molecule has 0 spiro atoms. The molecule has 0 fully saturated rings. The molecule has 0 radical (unpaired) electrons. The second-order valence-corrected chi connectivity index (χ2v) is 3.29. The van der Waals surface area contributed by atoms with Crippen LogP contribution in [0.25, 0.3) is 0 Å². The molecule has 6 nitrogen and oxygen atoms in total. The van der Waals surface area contributed by atoms with Gasteiger partial charge >= 0.3 is 11.9 Å². The number of aromatic carboxylic acids is 2. The summed E-state index contributed by atoms with van der Waals surface area (Å²) >= 11 is 0. The molecule has 0 aliphatic rings. The van der Waals surface area contributed by atoms with Crippen molar-refractivity contribution in [2.24, 2.45) is 0 Å². The van der Waals surface area contributed by atoms with Crippen LogP contribution in [0.4, 0.5) is 0 Å². The molecule has 0 unspecified atom stereocenters. The third kappa shape index (κ3) is 2.73. The van der Waals surface area contributed by atoms with Crippen molar-refractivity contribution in [1.29, 1.82) is 0 Å². The summed E-state index contributed by atoms with van der Waals surface area (Å²) in [5, 5.41) is 26.5. The van der Waals surface area contributed by atoms with E-state index in [4.69, 9.17) is 20.1 Å². The first-order chi connectivity index (χ1) is 7.99. The van der Waals surface area contributed by atoms with Gasteiger partial charge in [0.15, 0.2) is 0 Å². The van der Waals surface area contributed by atoms with Gasteiger partial charge in [-0.25, -0.2) is 9.59 Å². The van der Waals surface area contributed by atoms with Gasteiger partial charge in [0.2, 0.25) is 0 Å². The van der Waals surface area contributed by atoms with Crippen molar-refractivity contribution in [2.75, 3.05) is 13.2 Å². The molecule has 0 aliphatic carbocycles. The third-order valence-corrected chi connectivity index (χ3v) is 2.22. The van der Waals surface area contributed by atoms with Crippen molar-refractivity contribution in [1.82, 2.24) is 0 Å². The van der Waals surface area contributed by atoms with Gasteiger partial charge in [-0.1, -0.05) is 0 Å². The quantitative estimate of drug-likeness (QED) is 0.702. The maximum absolute atomic E-state index is 11.0. The molecule has 1 aromatic rings. The number of hydrogen-bond acceptors (Lipinski definition) is 4.